The molecule has 0 atom stereocenters. The molecule has 0 aliphatic carbocycles. The Kier molecular flexibility index (Phi) is 4.01. The average molecular weight is 321 g/mol. The maximum absolute atomic E-state index is 12.7. The summed E-state index contributed by atoms with van der Waals surface area (Å²) in [6.07, 6.45) is -4.66. The number of halogens is 4. The summed E-state index contributed by atoms with van der Waals surface area (Å²) < 4.78 is 38.0. The highest BCUT2D eigenvalue weighted by atomic mass is 35.5. The highest BCUT2D eigenvalue weighted by molar-refractivity contribution is 7.12. The van der Waals surface area contributed by atoms with Crippen LogP contribution >= 0.6 is 22.9 Å². The second-order valence-electron chi connectivity index (χ2n) is 3.94. The fourth-order valence-corrected chi connectivity index (χ4v) is 2.39. The first-order valence-electron chi connectivity index (χ1n) is 5.37. The van der Waals surface area contributed by atoms with Gasteiger partial charge in [0.05, 0.1) is 5.51 Å². The zero-order chi connectivity index (χ0) is 14.9. The molecule has 1 aromatic heterocycles. The quantitative estimate of drug-likeness (QED) is 0.892. The molecule has 3 nitrogen and oxygen atoms in total. The summed E-state index contributed by atoms with van der Waals surface area (Å²) in [5.41, 5.74) is 0.868. The molecule has 0 saturated carbocycles. The second-order valence-corrected chi connectivity index (χ2v) is 5.23. The van der Waals surface area contributed by atoms with Gasteiger partial charge in [0.15, 0.2) is 5.69 Å². The molecule has 0 bridgehead atoms. The zero-order valence-corrected chi connectivity index (χ0v) is 11.7. The Morgan fingerprint density at radius 1 is 1.40 bits per heavy atom. The molecule has 2 aromatic rings. The van der Waals surface area contributed by atoms with Crippen molar-refractivity contribution in [3.63, 3.8) is 0 Å². The van der Waals surface area contributed by atoms with Crippen LogP contribution in [-0.2, 0) is 6.18 Å². The molecular formula is C12H8ClF3N2OS. The first kappa shape index (κ1) is 14.8. The molecule has 0 aliphatic heterocycles. The van der Waals surface area contributed by atoms with Gasteiger partial charge in [-0.15, -0.1) is 11.3 Å². The van der Waals surface area contributed by atoms with E-state index >= 15 is 0 Å². The molecule has 1 N–H and O–H groups in total. The van der Waals surface area contributed by atoms with Crippen molar-refractivity contribution >= 4 is 34.5 Å². The Hall–Kier alpha value is -1.60. The van der Waals surface area contributed by atoms with Crippen LogP contribution in [0.4, 0.5) is 18.9 Å². The predicted octanol–water partition coefficient (Wildman–Crippen LogP) is 4.38. The van der Waals surface area contributed by atoms with Crippen LogP contribution in [0.3, 0.4) is 0 Å². The molecule has 0 radical (unpaired) electrons. The lowest BCUT2D eigenvalue weighted by Crippen LogP contribution is -2.17. The molecule has 0 spiro atoms. The number of anilines is 1. The Balaban J connectivity index is 2.30. The van der Waals surface area contributed by atoms with Gasteiger partial charge in [0, 0.05) is 10.7 Å². The van der Waals surface area contributed by atoms with Gasteiger partial charge in [0.25, 0.3) is 5.91 Å². The van der Waals surface area contributed by atoms with E-state index in [0.29, 0.717) is 27.6 Å². The van der Waals surface area contributed by atoms with Crippen LogP contribution in [-0.4, -0.2) is 10.9 Å². The van der Waals surface area contributed by atoms with E-state index in [9.17, 15) is 18.0 Å². The number of carbonyl (C=O) groups is 1. The topological polar surface area (TPSA) is 42.0 Å². The summed E-state index contributed by atoms with van der Waals surface area (Å²) >= 11 is 6.43. The largest absolute Gasteiger partial charge is 0.434 e. The van der Waals surface area contributed by atoms with Crippen LogP contribution in [0.25, 0.3) is 0 Å². The summed E-state index contributed by atoms with van der Waals surface area (Å²) in [6.45, 7) is 1.71. The molecule has 8 heteroatoms. The molecule has 0 saturated heterocycles. The third kappa shape index (κ3) is 3.10. The van der Waals surface area contributed by atoms with Gasteiger partial charge in [0.1, 0.15) is 4.88 Å². The number of rotatable bonds is 2. The molecular weight excluding hydrogens is 313 g/mol. The number of nitrogens with zero attached hydrogens (tertiary/aromatic N) is 1. The Labute approximate surface area is 121 Å². The van der Waals surface area contributed by atoms with E-state index in [-0.39, 0.29) is 0 Å². The number of aryl methyl sites for hydroxylation is 1. The first-order valence-corrected chi connectivity index (χ1v) is 6.63. The van der Waals surface area contributed by atoms with Gasteiger partial charge in [-0.3, -0.25) is 4.79 Å². The molecule has 2 rings (SSSR count). The monoisotopic (exact) mass is 320 g/mol. The maximum Gasteiger partial charge on any atom is 0.434 e. The molecule has 1 amide bonds. The van der Waals surface area contributed by atoms with E-state index in [0.717, 1.165) is 5.51 Å². The SMILES string of the molecule is Cc1ccc(Cl)cc1NC(=O)c1scnc1C(F)(F)F. The molecule has 106 valence electrons. The van der Waals surface area contributed by atoms with Gasteiger partial charge in [0.2, 0.25) is 0 Å². The average Bonchev–Trinajstić information content (AvgIpc) is 2.82. The minimum Gasteiger partial charge on any atom is -0.321 e. The number of alkyl halides is 3. The minimum absolute atomic E-state index is 0.365. The van der Waals surface area contributed by atoms with E-state index in [1.807, 2.05) is 0 Å². The normalized spacial score (nSPS) is 11.4. The second kappa shape index (κ2) is 5.41. The summed E-state index contributed by atoms with van der Waals surface area (Å²) in [7, 11) is 0. The van der Waals surface area contributed by atoms with Crippen LogP contribution in [0, 0.1) is 6.92 Å². The zero-order valence-electron chi connectivity index (χ0n) is 10.1. The minimum atomic E-state index is -4.66. The van der Waals surface area contributed by atoms with Crippen LogP contribution in [0.2, 0.25) is 5.02 Å². The van der Waals surface area contributed by atoms with Gasteiger partial charge in [-0.25, -0.2) is 4.98 Å². The maximum atomic E-state index is 12.7. The third-order valence-electron chi connectivity index (χ3n) is 2.49. The fraction of sp³-hybridized carbons (Fsp3) is 0.167. The molecule has 1 aromatic carbocycles. The van der Waals surface area contributed by atoms with Crippen molar-refractivity contribution in [2.24, 2.45) is 0 Å². The highest BCUT2D eigenvalue weighted by Gasteiger charge is 2.38. The van der Waals surface area contributed by atoms with Gasteiger partial charge < -0.3 is 5.32 Å². The Bertz CT molecular complexity index is 654. The van der Waals surface area contributed by atoms with E-state index in [2.05, 4.69) is 10.3 Å². The van der Waals surface area contributed by atoms with E-state index in [1.54, 1.807) is 19.1 Å². The van der Waals surface area contributed by atoms with Crippen molar-refractivity contribution < 1.29 is 18.0 Å². The number of thiazole rings is 1. The first-order chi connectivity index (χ1) is 9.29. The standard InChI is InChI=1S/C12H8ClF3N2OS/c1-6-2-3-7(13)4-8(6)18-11(19)9-10(12(14,15)16)17-5-20-9/h2-5H,1H3,(H,18,19). The summed E-state index contributed by atoms with van der Waals surface area (Å²) in [5, 5.41) is 2.79. The number of aromatic nitrogens is 1. The van der Waals surface area contributed by atoms with Crippen LogP contribution in [0.15, 0.2) is 23.7 Å². The number of amides is 1. The fourth-order valence-electron chi connectivity index (χ4n) is 1.52. The van der Waals surface area contributed by atoms with Crippen LogP contribution in [0.5, 0.6) is 0 Å². The van der Waals surface area contributed by atoms with Gasteiger partial charge in [-0.1, -0.05) is 17.7 Å². The van der Waals surface area contributed by atoms with Crippen molar-refractivity contribution in [3.8, 4) is 0 Å². The predicted molar refractivity (Wildman–Crippen MR) is 71.3 cm³/mol. The van der Waals surface area contributed by atoms with Crippen LogP contribution < -0.4 is 5.32 Å². The van der Waals surface area contributed by atoms with Crippen molar-refractivity contribution in [3.05, 3.63) is 44.9 Å². The molecule has 0 aliphatic rings. The highest BCUT2D eigenvalue weighted by Crippen LogP contribution is 2.33. The van der Waals surface area contributed by atoms with Crippen molar-refractivity contribution in [1.82, 2.24) is 4.98 Å². The molecule has 1 heterocycles. The lowest BCUT2D eigenvalue weighted by Gasteiger charge is -2.09. The van der Waals surface area contributed by atoms with E-state index in [4.69, 9.17) is 11.6 Å². The van der Waals surface area contributed by atoms with Crippen LogP contribution in [0.1, 0.15) is 20.9 Å². The number of nitrogens with one attached hydrogen (secondary N) is 1. The van der Waals surface area contributed by atoms with E-state index in [1.165, 1.54) is 6.07 Å². The smallest absolute Gasteiger partial charge is 0.321 e. The lowest BCUT2D eigenvalue weighted by atomic mass is 10.2. The van der Waals surface area contributed by atoms with Crippen molar-refractivity contribution in [1.29, 1.82) is 0 Å². The summed E-state index contributed by atoms with van der Waals surface area (Å²) in [4.78, 5) is 14.6. The Morgan fingerprint density at radius 2 is 2.10 bits per heavy atom. The number of carbonyl (C=O) groups excluding carboxylic acids is 1. The molecule has 0 unspecified atom stereocenters. The van der Waals surface area contributed by atoms with Gasteiger partial charge in [-0.05, 0) is 24.6 Å². The number of hydrogen-bond acceptors (Lipinski definition) is 3. The Morgan fingerprint density at radius 3 is 2.75 bits per heavy atom. The van der Waals surface area contributed by atoms with Gasteiger partial charge >= 0.3 is 6.18 Å². The lowest BCUT2D eigenvalue weighted by molar-refractivity contribution is -0.141. The third-order valence-corrected chi connectivity index (χ3v) is 3.55. The summed E-state index contributed by atoms with van der Waals surface area (Å²) in [5.74, 6) is -0.856. The van der Waals surface area contributed by atoms with Gasteiger partial charge in [-0.2, -0.15) is 13.2 Å². The molecule has 20 heavy (non-hydrogen) atoms. The number of hydrogen-bond donors (Lipinski definition) is 1. The van der Waals surface area contributed by atoms with Crippen molar-refractivity contribution in [2.75, 3.05) is 5.32 Å². The van der Waals surface area contributed by atoms with Crippen molar-refractivity contribution in [2.45, 2.75) is 13.1 Å². The summed E-state index contributed by atoms with van der Waals surface area (Å²) in [6, 6.07) is 4.76. The van der Waals surface area contributed by atoms with E-state index < -0.39 is 22.7 Å². The number of benzene rings is 1. The molecule has 0 fully saturated rings.